The van der Waals surface area contributed by atoms with Crippen LogP contribution in [0.2, 0.25) is 0 Å². The first-order valence-corrected chi connectivity index (χ1v) is 4.67. The molecular formula is C10H17NO2. The van der Waals surface area contributed by atoms with Gasteiger partial charge in [-0.3, -0.25) is 4.79 Å². The van der Waals surface area contributed by atoms with Gasteiger partial charge >= 0.3 is 0 Å². The van der Waals surface area contributed by atoms with Gasteiger partial charge in [0.25, 0.3) is 5.91 Å². The molecule has 0 N–H and O–H groups in total. The molecule has 1 rings (SSSR count). The van der Waals surface area contributed by atoms with Crippen LogP contribution in [-0.4, -0.2) is 30.7 Å². The van der Waals surface area contributed by atoms with E-state index in [9.17, 15) is 4.79 Å². The van der Waals surface area contributed by atoms with Gasteiger partial charge in [0.2, 0.25) is 0 Å². The Bertz CT molecular complexity index is 207. The van der Waals surface area contributed by atoms with Crippen LogP contribution in [0, 0.1) is 0 Å². The average molecular weight is 183 g/mol. The Morgan fingerprint density at radius 3 is 2.69 bits per heavy atom. The maximum atomic E-state index is 11.5. The Kier molecular flexibility index (Phi) is 3.48. The summed E-state index contributed by atoms with van der Waals surface area (Å²) in [6.45, 7) is 6.11. The molecule has 0 radical (unpaired) electrons. The standard InChI is InChI=1S/C10H17NO2/c1-8(2)10(12)11(3)9-6-4-5-7-13-9/h9H,1,4-7H2,2-3H3. The molecule has 1 atom stereocenters. The fraction of sp³-hybridized carbons (Fsp3) is 0.700. The molecule has 1 aliphatic heterocycles. The molecule has 1 fully saturated rings. The monoisotopic (exact) mass is 183 g/mol. The Morgan fingerprint density at radius 1 is 1.54 bits per heavy atom. The number of hydrogen-bond acceptors (Lipinski definition) is 2. The van der Waals surface area contributed by atoms with Crippen LogP contribution in [0.5, 0.6) is 0 Å². The third-order valence-corrected chi connectivity index (χ3v) is 2.27. The number of ether oxygens (including phenoxy) is 1. The van der Waals surface area contributed by atoms with E-state index >= 15 is 0 Å². The first kappa shape index (κ1) is 10.3. The first-order chi connectivity index (χ1) is 6.13. The summed E-state index contributed by atoms with van der Waals surface area (Å²) < 4.78 is 5.48. The number of likely N-dealkylation sites (N-methyl/N-ethyl adjacent to an activating group) is 1. The van der Waals surface area contributed by atoms with E-state index in [1.165, 1.54) is 0 Å². The Balaban J connectivity index is 2.49. The van der Waals surface area contributed by atoms with Crippen molar-refractivity contribution in [3.63, 3.8) is 0 Å². The molecule has 3 heteroatoms. The minimum atomic E-state index is -0.0436. The molecular weight excluding hydrogens is 166 g/mol. The van der Waals surface area contributed by atoms with E-state index in [1.807, 2.05) is 0 Å². The van der Waals surface area contributed by atoms with Gasteiger partial charge in [-0.1, -0.05) is 6.58 Å². The van der Waals surface area contributed by atoms with Crippen molar-refractivity contribution in [3.8, 4) is 0 Å². The lowest BCUT2D eigenvalue weighted by molar-refractivity contribution is -0.143. The van der Waals surface area contributed by atoms with Gasteiger partial charge in [0.15, 0.2) is 0 Å². The van der Waals surface area contributed by atoms with Crippen LogP contribution >= 0.6 is 0 Å². The second-order valence-corrected chi connectivity index (χ2v) is 3.52. The molecule has 74 valence electrons. The zero-order chi connectivity index (χ0) is 9.84. The normalized spacial score (nSPS) is 22.5. The van der Waals surface area contributed by atoms with Crippen molar-refractivity contribution in [3.05, 3.63) is 12.2 Å². The summed E-state index contributed by atoms with van der Waals surface area (Å²) in [7, 11) is 1.77. The SMILES string of the molecule is C=C(C)C(=O)N(C)C1CCCCO1. The van der Waals surface area contributed by atoms with Crippen molar-refractivity contribution in [2.75, 3.05) is 13.7 Å². The van der Waals surface area contributed by atoms with Gasteiger partial charge in [-0.2, -0.15) is 0 Å². The van der Waals surface area contributed by atoms with Crippen molar-refractivity contribution in [1.29, 1.82) is 0 Å². The van der Waals surface area contributed by atoms with Gasteiger partial charge in [-0.15, -0.1) is 0 Å². The summed E-state index contributed by atoms with van der Waals surface area (Å²) in [6, 6.07) is 0. The van der Waals surface area contributed by atoms with Crippen LogP contribution in [0.3, 0.4) is 0 Å². The first-order valence-electron chi connectivity index (χ1n) is 4.67. The number of carbonyl (C=O) groups is 1. The van der Waals surface area contributed by atoms with E-state index in [4.69, 9.17) is 4.74 Å². The van der Waals surface area contributed by atoms with Crippen LogP contribution in [0.15, 0.2) is 12.2 Å². The molecule has 0 spiro atoms. The molecule has 0 saturated carbocycles. The molecule has 1 amide bonds. The van der Waals surface area contributed by atoms with E-state index in [-0.39, 0.29) is 12.1 Å². The molecule has 3 nitrogen and oxygen atoms in total. The summed E-state index contributed by atoms with van der Waals surface area (Å²) in [6.07, 6.45) is 3.14. The summed E-state index contributed by atoms with van der Waals surface area (Å²) in [5.41, 5.74) is 0.566. The van der Waals surface area contributed by atoms with Crippen LogP contribution in [-0.2, 0) is 9.53 Å². The molecule has 0 bridgehead atoms. The topological polar surface area (TPSA) is 29.5 Å². The van der Waals surface area contributed by atoms with Crippen LogP contribution < -0.4 is 0 Å². The molecule has 0 aromatic rings. The zero-order valence-electron chi connectivity index (χ0n) is 8.38. The Morgan fingerprint density at radius 2 is 2.23 bits per heavy atom. The van der Waals surface area contributed by atoms with E-state index in [0.29, 0.717) is 5.57 Å². The average Bonchev–Trinajstić information content (AvgIpc) is 2.17. The predicted octanol–water partition coefficient (Wildman–Crippen LogP) is 1.55. The molecule has 1 unspecified atom stereocenters. The molecule has 0 aliphatic carbocycles. The lowest BCUT2D eigenvalue weighted by Gasteiger charge is -2.31. The van der Waals surface area contributed by atoms with E-state index in [2.05, 4.69) is 6.58 Å². The predicted molar refractivity (Wildman–Crippen MR) is 51.2 cm³/mol. The fourth-order valence-electron chi connectivity index (χ4n) is 1.46. The van der Waals surface area contributed by atoms with Gasteiger partial charge in [0.05, 0.1) is 0 Å². The number of carbonyl (C=O) groups excluding carboxylic acids is 1. The quantitative estimate of drug-likeness (QED) is 0.608. The maximum absolute atomic E-state index is 11.5. The summed E-state index contributed by atoms with van der Waals surface area (Å²) in [5, 5.41) is 0. The van der Waals surface area contributed by atoms with Crippen molar-refractivity contribution in [2.24, 2.45) is 0 Å². The largest absolute Gasteiger partial charge is 0.358 e. The molecule has 1 saturated heterocycles. The zero-order valence-corrected chi connectivity index (χ0v) is 8.38. The number of rotatable bonds is 2. The fourth-order valence-corrected chi connectivity index (χ4v) is 1.46. The van der Waals surface area contributed by atoms with Crippen molar-refractivity contribution < 1.29 is 9.53 Å². The molecule has 13 heavy (non-hydrogen) atoms. The second kappa shape index (κ2) is 4.42. The van der Waals surface area contributed by atoms with Gasteiger partial charge in [-0.05, 0) is 26.2 Å². The van der Waals surface area contributed by atoms with Gasteiger partial charge in [0.1, 0.15) is 6.23 Å². The minimum Gasteiger partial charge on any atom is -0.358 e. The second-order valence-electron chi connectivity index (χ2n) is 3.52. The lowest BCUT2D eigenvalue weighted by Crippen LogP contribution is -2.40. The third kappa shape index (κ3) is 2.56. The third-order valence-electron chi connectivity index (χ3n) is 2.27. The van der Waals surface area contributed by atoms with Gasteiger partial charge < -0.3 is 9.64 Å². The number of nitrogens with zero attached hydrogens (tertiary/aromatic N) is 1. The molecule has 1 heterocycles. The Labute approximate surface area is 79.4 Å². The van der Waals surface area contributed by atoms with Crippen molar-refractivity contribution >= 4 is 5.91 Å². The highest BCUT2D eigenvalue weighted by molar-refractivity contribution is 5.92. The summed E-state index contributed by atoms with van der Waals surface area (Å²) in [4.78, 5) is 13.1. The van der Waals surface area contributed by atoms with Crippen LogP contribution in [0.4, 0.5) is 0 Å². The number of amides is 1. The molecule has 1 aliphatic rings. The molecule has 0 aromatic heterocycles. The smallest absolute Gasteiger partial charge is 0.250 e. The van der Waals surface area contributed by atoms with Crippen molar-refractivity contribution in [2.45, 2.75) is 32.4 Å². The van der Waals surface area contributed by atoms with Crippen LogP contribution in [0.1, 0.15) is 26.2 Å². The van der Waals surface area contributed by atoms with Gasteiger partial charge in [-0.25, -0.2) is 0 Å². The minimum absolute atomic E-state index is 0.0214. The maximum Gasteiger partial charge on any atom is 0.250 e. The highest BCUT2D eigenvalue weighted by Crippen LogP contribution is 2.16. The lowest BCUT2D eigenvalue weighted by atomic mass is 10.1. The Hall–Kier alpha value is -0.830. The van der Waals surface area contributed by atoms with Gasteiger partial charge in [0, 0.05) is 19.2 Å². The number of hydrogen-bond donors (Lipinski definition) is 0. The highest BCUT2D eigenvalue weighted by atomic mass is 16.5. The van der Waals surface area contributed by atoms with E-state index in [1.54, 1.807) is 18.9 Å². The van der Waals surface area contributed by atoms with Crippen molar-refractivity contribution in [1.82, 2.24) is 4.90 Å². The summed E-state index contributed by atoms with van der Waals surface area (Å²) in [5.74, 6) is -0.0214. The van der Waals surface area contributed by atoms with Crippen LogP contribution in [0.25, 0.3) is 0 Å². The summed E-state index contributed by atoms with van der Waals surface area (Å²) >= 11 is 0. The van der Waals surface area contributed by atoms with E-state index < -0.39 is 0 Å². The highest BCUT2D eigenvalue weighted by Gasteiger charge is 2.22. The van der Waals surface area contributed by atoms with E-state index in [0.717, 1.165) is 25.9 Å². The molecule has 0 aromatic carbocycles.